The molecule has 3 aliphatic rings. The predicted octanol–water partition coefficient (Wildman–Crippen LogP) is 3.60. The Morgan fingerprint density at radius 1 is 1.28 bits per heavy atom. The van der Waals surface area contributed by atoms with Crippen LogP contribution < -0.4 is 4.90 Å². The van der Waals surface area contributed by atoms with Crippen molar-refractivity contribution in [3.05, 3.63) is 77.3 Å². The number of nitrogens with zero attached hydrogens (tertiary/aromatic N) is 2. The van der Waals surface area contributed by atoms with Crippen molar-refractivity contribution < 1.29 is 29.3 Å². The van der Waals surface area contributed by atoms with E-state index in [1.807, 2.05) is 43.3 Å². The molecular formula is C29H30BrClN2O6. The largest absolute Gasteiger partial charge is 0.481 e. The summed E-state index contributed by atoms with van der Waals surface area (Å²) in [5.74, 6) is -4.29. The molecule has 10 heteroatoms. The quantitative estimate of drug-likeness (QED) is 0.329. The van der Waals surface area contributed by atoms with E-state index in [1.54, 1.807) is 18.2 Å². The molecule has 0 radical (unpaired) electrons. The standard InChI is InChI=1S/C29H30BrClN2O6/c1-3-12-32(23-16(2)8-7-11-20(23)31)27(36)25-29-14-19(30)24(39-29)21(28(37)38)22(29)26(35)33(25)18(15-34)13-17-9-5-4-6-10-17/h3-11,18-19,21-22,24-25,34H,1,12-15H2,2H3,(H,37,38)/t18-,19?,21+,22+,24+,25?,29?/m1/s1. The minimum Gasteiger partial charge on any atom is -0.481 e. The van der Waals surface area contributed by atoms with Gasteiger partial charge in [-0.15, -0.1) is 6.58 Å². The molecule has 3 saturated heterocycles. The summed E-state index contributed by atoms with van der Waals surface area (Å²) in [6.45, 7) is 5.34. The average Bonchev–Trinajstić information content (AvgIpc) is 3.50. The SMILES string of the molecule is C=CCN(C(=O)C1N([C@@H](CO)Cc2ccccc2)C(=O)[C@@H]2[C@H](C(=O)O)[C@H]3OC12CC3Br)c1c(C)cccc1Cl. The fourth-order valence-corrected chi connectivity index (χ4v) is 7.96. The number of carboxylic acids is 1. The summed E-state index contributed by atoms with van der Waals surface area (Å²) in [7, 11) is 0. The third-order valence-electron chi connectivity index (χ3n) is 8.20. The Hall–Kier alpha value is -2.72. The predicted molar refractivity (Wildman–Crippen MR) is 150 cm³/mol. The zero-order valence-electron chi connectivity index (χ0n) is 21.4. The number of hydrogen-bond acceptors (Lipinski definition) is 5. The van der Waals surface area contributed by atoms with Crippen molar-refractivity contribution in [2.45, 2.75) is 48.4 Å². The minimum atomic E-state index is -1.38. The number of aliphatic hydroxyl groups is 1. The number of benzene rings is 2. The van der Waals surface area contributed by atoms with E-state index in [0.717, 1.165) is 11.1 Å². The van der Waals surface area contributed by atoms with Crippen LogP contribution in [-0.2, 0) is 25.5 Å². The highest BCUT2D eigenvalue weighted by atomic mass is 79.9. The van der Waals surface area contributed by atoms with Gasteiger partial charge >= 0.3 is 5.97 Å². The summed E-state index contributed by atoms with van der Waals surface area (Å²) in [4.78, 5) is 43.8. The van der Waals surface area contributed by atoms with Crippen LogP contribution in [0, 0.1) is 18.8 Å². The van der Waals surface area contributed by atoms with E-state index in [4.69, 9.17) is 16.3 Å². The molecule has 8 nitrogen and oxygen atoms in total. The highest BCUT2D eigenvalue weighted by Crippen LogP contribution is 2.60. The number of carboxylic acid groups (broad SMARTS) is 1. The molecular weight excluding hydrogens is 588 g/mol. The molecule has 39 heavy (non-hydrogen) atoms. The van der Waals surface area contributed by atoms with E-state index >= 15 is 0 Å². The first-order valence-corrected chi connectivity index (χ1v) is 14.1. The van der Waals surface area contributed by atoms with Crippen molar-refractivity contribution in [2.24, 2.45) is 11.8 Å². The van der Waals surface area contributed by atoms with Crippen LogP contribution in [-0.4, -0.2) is 74.7 Å². The Bertz CT molecular complexity index is 1290. The van der Waals surface area contributed by atoms with E-state index in [1.165, 1.54) is 9.80 Å². The van der Waals surface area contributed by atoms with Gasteiger partial charge < -0.3 is 24.7 Å². The number of para-hydroxylation sites is 1. The molecule has 2 aromatic carbocycles. The van der Waals surface area contributed by atoms with Crippen molar-refractivity contribution in [3.63, 3.8) is 0 Å². The molecule has 0 saturated carbocycles. The third-order valence-corrected chi connectivity index (χ3v) is 9.35. The van der Waals surface area contributed by atoms with Gasteiger partial charge in [0, 0.05) is 11.4 Å². The Labute approximate surface area is 240 Å². The number of anilines is 1. The molecule has 2 amide bonds. The fraction of sp³-hybridized carbons (Fsp3) is 0.414. The van der Waals surface area contributed by atoms with Gasteiger partial charge in [-0.2, -0.15) is 0 Å². The van der Waals surface area contributed by atoms with Gasteiger partial charge in [0.1, 0.15) is 11.6 Å². The number of aliphatic carboxylic acids is 1. The van der Waals surface area contributed by atoms with E-state index in [-0.39, 0.29) is 24.2 Å². The molecule has 0 aliphatic carbocycles. The molecule has 2 aromatic rings. The topological polar surface area (TPSA) is 107 Å². The lowest BCUT2D eigenvalue weighted by Crippen LogP contribution is -2.59. The van der Waals surface area contributed by atoms with E-state index in [2.05, 4.69) is 22.5 Å². The van der Waals surface area contributed by atoms with Crippen molar-refractivity contribution in [1.82, 2.24) is 4.90 Å². The molecule has 1 spiro atoms. The summed E-state index contributed by atoms with van der Waals surface area (Å²) in [5.41, 5.74) is 0.726. The molecule has 206 valence electrons. The van der Waals surface area contributed by atoms with E-state index < -0.39 is 60.0 Å². The van der Waals surface area contributed by atoms with Gasteiger partial charge in [-0.1, -0.05) is 76.1 Å². The number of hydrogen-bond donors (Lipinski definition) is 2. The summed E-state index contributed by atoms with van der Waals surface area (Å²) >= 11 is 10.1. The van der Waals surface area contributed by atoms with Crippen LogP contribution in [0.2, 0.25) is 5.02 Å². The first-order valence-electron chi connectivity index (χ1n) is 12.8. The Morgan fingerprint density at radius 2 is 2.00 bits per heavy atom. The number of ether oxygens (including phenoxy) is 1. The summed E-state index contributed by atoms with van der Waals surface area (Å²) < 4.78 is 6.40. The Morgan fingerprint density at radius 3 is 2.62 bits per heavy atom. The molecule has 3 aliphatic heterocycles. The second kappa shape index (κ2) is 10.7. The number of aryl methyl sites for hydroxylation is 1. The van der Waals surface area contributed by atoms with Crippen LogP contribution in [0.4, 0.5) is 5.69 Å². The second-order valence-electron chi connectivity index (χ2n) is 10.4. The van der Waals surface area contributed by atoms with Gasteiger partial charge in [0.05, 0.1) is 41.3 Å². The first kappa shape index (κ1) is 27.8. The summed E-state index contributed by atoms with van der Waals surface area (Å²) in [5, 5.41) is 21.1. The summed E-state index contributed by atoms with van der Waals surface area (Å²) in [6.07, 6.45) is 1.37. The maximum atomic E-state index is 14.7. The molecule has 3 fully saturated rings. The number of likely N-dealkylation sites (tertiary alicyclic amines) is 1. The monoisotopic (exact) mass is 616 g/mol. The van der Waals surface area contributed by atoms with Crippen LogP contribution in [0.3, 0.4) is 0 Å². The molecule has 3 unspecified atom stereocenters. The van der Waals surface area contributed by atoms with Gasteiger partial charge in [0.25, 0.3) is 5.91 Å². The maximum Gasteiger partial charge on any atom is 0.310 e. The van der Waals surface area contributed by atoms with Gasteiger partial charge in [-0.3, -0.25) is 14.4 Å². The van der Waals surface area contributed by atoms with Crippen LogP contribution in [0.1, 0.15) is 17.5 Å². The smallest absolute Gasteiger partial charge is 0.310 e. The van der Waals surface area contributed by atoms with Gasteiger partial charge in [-0.05, 0) is 37.0 Å². The minimum absolute atomic E-state index is 0.106. The molecule has 0 aromatic heterocycles. The lowest BCUT2D eigenvalue weighted by atomic mass is 9.70. The maximum absolute atomic E-state index is 14.7. The van der Waals surface area contributed by atoms with Crippen molar-refractivity contribution >= 4 is 51.0 Å². The molecule has 5 rings (SSSR count). The summed E-state index contributed by atoms with van der Waals surface area (Å²) in [6, 6.07) is 12.7. The van der Waals surface area contributed by atoms with Gasteiger partial charge in [0.15, 0.2) is 0 Å². The van der Waals surface area contributed by atoms with Crippen LogP contribution in [0.15, 0.2) is 61.2 Å². The lowest BCUT2D eigenvalue weighted by Gasteiger charge is -2.40. The number of rotatable bonds is 9. The van der Waals surface area contributed by atoms with Gasteiger partial charge in [-0.25, -0.2) is 0 Å². The zero-order chi connectivity index (χ0) is 28.1. The molecule has 3 heterocycles. The number of fused-ring (bicyclic) bond motifs is 1. The van der Waals surface area contributed by atoms with Crippen LogP contribution in [0.5, 0.6) is 0 Å². The highest BCUT2D eigenvalue weighted by molar-refractivity contribution is 9.09. The van der Waals surface area contributed by atoms with Crippen molar-refractivity contribution in [2.75, 3.05) is 18.1 Å². The average molecular weight is 618 g/mol. The fourth-order valence-electron chi connectivity index (χ4n) is 6.69. The number of carbonyl (C=O) groups excluding carboxylic acids is 2. The van der Waals surface area contributed by atoms with E-state index in [0.29, 0.717) is 10.7 Å². The first-order chi connectivity index (χ1) is 18.7. The highest BCUT2D eigenvalue weighted by Gasteiger charge is 2.77. The number of carbonyl (C=O) groups is 3. The molecule has 2 bridgehead atoms. The van der Waals surface area contributed by atoms with Crippen LogP contribution >= 0.6 is 27.5 Å². The number of aliphatic hydroxyl groups excluding tert-OH is 1. The Kier molecular flexibility index (Phi) is 7.63. The van der Waals surface area contributed by atoms with Gasteiger partial charge in [0.2, 0.25) is 5.91 Å². The van der Waals surface area contributed by atoms with Crippen molar-refractivity contribution in [1.29, 1.82) is 0 Å². The van der Waals surface area contributed by atoms with E-state index in [9.17, 15) is 24.6 Å². The molecule has 2 N–H and O–H groups in total. The number of alkyl halides is 1. The second-order valence-corrected chi connectivity index (χ2v) is 12.0. The number of amides is 2. The zero-order valence-corrected chi connectivity index (χ0v) is 23.7. The third kappa shape index (κ3) is 4.40. The van der Waals surface area contributed by atoms with Crippen molar-refractivity contribution in [3.8, 4) is 0 Å². The number of halogens is 2. The lowest BCUT2D eigenvalue weighted by molar-refractivity contribution is -0.150. The van der Waals surface area contributed by atoms with Crippen LogP contribution in [0.25, 0.3) is 0 Å². The molecule has 7 atom stereocenters. The normalized spacial score (nSPS) is 29.8. The Balaban J connectivity index is 1.66.